The van der Waals surface area contributed by atoms with E-state index in [2.05, 4.69) is 28.4 Å². The molecule has 0 aromatic heterocycles. The average Bonchev–Trinajstić information content (AvgIpc) is 2.40. The Morgan fingerprint density at radius 2 is 2.26 bits per heavy atom. The van der Waals surface area contributed by atoms with Crippen molar-refractivity contribution in [2.75, 3.05) is 33.8 Å². The van der Waals surface area contributed by atoms with Crippen LogP contribution in [0.25, 0.3) is 0 Å². The molecule has 1 aromatic carbocycles. The lowest BCUT2D eigenvalue weighted by Crippen LogP contribution is -2.38. The molecule has 0 radical (unpaired) electrons. The van der Waals surface area contributed by atoms with Crippen LogP contribution in [0.1, 0.15) is 18.4 Å². The van der Waals surface area contributed by atoms with Gasteiger partial charge in [-0.1, -0.05) is 12.1 Å². The Morgan fingerprint density at radius 3 is 3.00 bits per heavy atom. The van der Waals surface area contributed by atoms with Crippen molar-refractivity contribution in [3.05, 3.63) is 29.8 Å². The van der Waals surface area contributed by atoms with E-state index in [9.17, 15) is 0 Å². The monoisotopic (exact) mass is 284 g/mol. The largest absolute Gasteiger partial charge is 0.497 e. The quantitative estimate of drug-likeness (QED) is 0.899. The number of nitrogens with one attached hydrogen (secondary N) is 1. The SMILES string of the molecule is CNCC1CCCN(Cc2cccc(OC)c2)C1.Cl. The van der Waals surface area contributed by atoms with Crippen molar-refractivity contribution < 1.29 is 4.74 Å². The summed E-state index contributed by atoms with van der Waals surface area (Å²) in [6.07, 6.45) is 2.67. The highest BCUT2D eigenvalue weighted by Gasteiger charge is 2.19. The number of hydrogen-bond acceptors (Lipinski definition) is 3. The number of piperidine rings is 1. The van der Waals surface area contributed by atoms with Crippen LogP contribution in [0.5, 0.6) is 5.75 Å². The summed E-state index contributed by atoms with van der Waals surface area (Å²) in [4.78, 5) is 2.56. The third kappa shape index (κ3) is 5.01. The van der Waals surface area contributed by atoms with E-state index in [0.717, 1.165) is 24.8 Å². The van der Waals surface area contributed by atoms with E-state index in [-0.39, 0.29) is 12.4 Å². The summed E-state index contributed by atoms with van der Waals surface area (Å²) >= 11 is 0. The minimum Gasteiger partial charge on any atom is -0.497 e. The number of hydrogen-bond donors (Lipinski definition) is 1. The lowest BCUT2D eigenvalue weighted by Gasteiger charge is -2.32. The van der Waals surface area contributed by atoms with Crippen LogP contribution in [0, 0.1) is 5.92 Å². The van der Waals surface area contributed by atoms with Crippen molar-refractivity contribution in [1.29, 1.82) is 0 Å². The first-order valence-corrected chi connectivity index (χ1v) is 6.81. The van der Waals surface area contributed by atoms with Crippen molar-refractivity contribution >= 4 is 12.4 Å². The van der Waals surface area contributed by atoms with Gasteiger partial charge in [-0.3, -0.25) is 4.90 Å². The Kier molecular flexibility index (Phi) is 7.21. The van der Waals surface area contributed by atoms with Gasteiger partial charge in [0, 0.05) is 13.1 Å². The average molecular weight is 285 g/mol. The summed E-state index contributed by atoms with van der Waals surface area (Å²) in [5, 5.41) is 3.29. The Morgan fingerprint density at radius 1 is 1.42 bits per heavy atom. The first-order chi connectivity index (χ1) is 8.81. The molecular weight excluding hydrogens is 260 g/mol. The van der Waals surface area contributed by atoms with Gasteiger partial charge in [-0.15, -0.1) is 12.4 Å². The molecule has 1 saturated heterocycles. The van der Waals surface area contributed by atoms with Gasteiger partial charge >= 0.3 is 0 Å². The molecule has 4 heteroatoms. The van der Waals surface area contributed by atoms with E-state index in [0.29, 0.717) is 0 Å². The zero-order valence-corrected chi connectivity index (χ0v) is 12.7. The van der Waals surface area contributed by atoms with Crippen LogP contribution < -0.4 is 10.1 Å². The molecule has 0 amide bonds. The number of methoxy groups -OCH3 is 1. The number of benzene rings is 1. The van der Waals surface area contributed by atoms with Gasteiger partial charge in [0.15, 0.2) is 0 Å². The maximum Gasteiger partial charge on any atom is 0.119 e. The van der Waals surface area contributed by atoms with E-state index >= 15 is 0 Å². The molecule has 0 saturated carbocycles. The molecule has 1 fully saturated rings. The van der Waals surface area contributed by atoms with Crippen molar-refractivity contribution in [2.45, 2.75) is 19.4 Å². The lowest BCUT2D eigenvalue weighted by atomic mass is 9.97. The van der Waals surface area contributed by atoms with Gasteiger partial charge in [0.2, 0.25) is 0 Å². The number of ether oxygens (including phenoxy) is 1. The van der Waals surface area contributed by atoms with Crippen molar-refractivity contribution in [1.82, 2.24) is 10.2 Å². The zero-order valence-electron chi connectivity index (χ0n) is 11.9. The van der Waals surface area contributed by atoms with E-state index in [1.54, 1.807) is 7.11 Å². The minimum atomic E-state index is 0. The second kappa shape index (κ2) is 8.41. The third-order valence-electron chi connectivity index (χ3n) is 3.64. The predicted octanol–water partition coefficient (Wildman–Crippen LogP) is 2.55. The first-order valence-electron chi connectivity index (χ1n) is 6.81. The molecule has 1 atom stereocenters. The number of likely N-dealkylation sites (tertiary alicyclic amines) is 1. The maximum atomic E-state index is 5.28. The van der Waals surface area contributed by atoms with Crippen LogP contribution in [-0.4, -0.2) is 38.7 Å². The fraction of sp³-hybridized carbons (Fsp3) is 0.600. The van der Waals surface area contributed by atoms with Crippen molar-refractivity contribution in [2.24, 2.45) is 5.92 Å². The van der Waals surface area contributed by atoms with Gasteiger partial charge in [-0.2, -0.15) is 0 Å². The number of nitrogens with zero attached hydrogens (tertiary/aromatic N) is 1. The summed E-state index contributed by atoms with van der Waals surface area (Å²) in [7, 11) is 3.77. The highest BCUT2D eigenvalue weighted by atomic mass is 35.5. The van der Waals surface area contributed by atoms with Gasteiger partial charge < -0.3 is 10.1 Å². The first kappa shape index (κ1) is 16.3. The highest BCUT2D eigenvalue weighted by Crippen LogP contribution is 2.19. The Hall–Kier alpha value is -0.770. The molecule has 1 aliphatic heterocycles. The minimum absolute atomic E-state index is 0. The van der Waals surface area contributed by atoms with E-state index in [4.69, 9.17) is 4.74 Å². The Balaban J connectivity index is 0.00000180. The van der Waals surface area contributed by atoms with Gasteiger partial charge in [0.25, 0.3) is 0 Å². The molecule has 19 heavy (non-hydrogen) atoms. The second-order valence-electron chi connectivity index (χ2n) is 5.15. The van der Waals surface area contributed by atoms with E-state index in [1.807, 2.05) is 13.1 Å². The maximum absolute atomic E-state index is 5.28. The smallest absolute Gasteiger partial charge is 0.119 e. The van der Waals surface area contributed by atoms with E-state index < -0.39 is 0 Å². The molecule has 0 bridgehead atoms. The predicted molar refractivity (Wildman–Crippen MR) is 82.2 cm³/mol. The molecule has 0 aliphatic carbocycles. The van der Waals surface area contributed by atoms with Crippen LogP contribution in [0.2, 0.25) is 0 Å². The molecule has 0 spiro atoms. The van der Waals surface area contributed by atoms with Crippen LogP contribution in [-0.2, 0) is 6.54 Å². The van der Waals surface area contributed by atoms with Crippen LogP contribution in [0.15, 0.2) is 24.3 Å². The number of halogens is 1. The third-order valence-corrected chi connectivity index (χ3v) is 3.64. The fourth-order valence-electron chi connectivity index (χ4n) is 2.78. The molecule has 108 valence electrons. The van der Waals surface area contributed by atoms with Gasteiger partial charge in [0.05, 0.1) is 7.11 Å². The van der Waals surface area contributed by atoms with Crippen LogP contribution in [0.3, 0.4) is 0 Å². The van der Waals surface area contributed by atoms with Gasteiger partial charge in [-0.25, -0.2) is 0 Å². The highest BCUT2D eigenvalue weighted by molar-refractivity contribution is 5.85. The van der Waals surface area contributed by atoms with Crippen molar-refractivity contribution in [3.8, 4) is 5.75 Å². The topological polar surface area (TPSA) is 24.5 Å². The summed E-state index contributed by atoms with van der Waals surface area (Å²) in [5.74, 6) is 1.76. The normalized spacial score (nSPS) is 19.8. The molecule has 1 unspecified atom stereocenters. The number of rotatable bonds is 5. The van der Waals surface area contributed by atoms with Crippen molar-refractivity contribution in [3.63, 3.8) is 0 Å². The zero-order chi connectivity index (χ0) is 12.8. The molecule has 2 rings (SSSR count). The van der Waals surface area contributed by atoms with Gasteiger partial charge in [-0.05, 0) is 56.6 Å². The summed E-state index contributed by atoms with van der Waals surface area (Å²) in [6, 6.07) is 8.40. The second-order valence-corrected chi connectivity index (χ2v) is 5.15. The molecule has 1 aromatic rings. The fourth-order valence-corrected chi connectivity index (χ4v) is 2.78. The molecule has 3 nitrogen and oxygen atoms in total. The molecule has 1 N–H and O–H groups in total. The Labute approximate surface area is 122 Å². The Bertz CT molecular complexity index is 371. The van der Waals surface area contributed by atoms with Gasteiger partial charge in [0.1, 0.15) is 5.75 Å². The molecule has 1 aliphatic rings. The van der Waals surface area contributed by atoms with Crippen LogP contribution in [0.4, 0.5) is 0 Å². The summed E-state index contributed by atoms with van der Waals surface area (Å²) in [5.41, 5.74) is 1.35. The van der Waals surface area contributed by atoms with Crippen LogP contribution >= 0.6 is 12.4 Å². The lowest BCUT2D eigenvalue weighted by molar-refractivity contribution is 0.166. The summed E-state index contributed by atoms with van der Waals surface area (Å²) < 4.78 is 5.28. The molecular formula is C15H25ClN2O. The standard InChI is InChI=1S/C15H24N2O.ClH/c1-16-10-14-6-4-8-17(12-14)11-13-5-3-7-15(9-13)18-2;/h3,5,7,9,14,16H,4,6,8,10-12H2,1-2H3;1H. The molecule has 1 heterocycles. The summed E-state index contributed by atoms with van der Waals surface area (Å²) in [6.45, 7) is 4.60. The van der Waals surface area contributed by atoms with E-state index in [1.165, 1.54) is 31.5 Å².